The zero-order valence-electron chi connectivity index (χ0n) is 13.6. The Bertz CT molecular complexity index is 410. The molecule has 21 heavy (non-hydrogen) atoms. The molecule has 1 aliphatic carbocycles. The Morgan fingerprint density at radius 3 is 2.62 bits per heavy atom. The summed E-state index contributed by atoms with van der Waals surface area (Å²) in [5.41, 5.74) is 1.36. The van der Waals surface area contributed by atoms with E-state index in [-0.39, 0.29) is 0 Å². The SMILES string of the molecule is CCCCC1CCC(C(Cc2cccc(Cl)c2)NC)CC1. The van der Waals surface area contributed by atoms with Gasteiger partial charge in [0.1, 0.15) is 0 Å². The highest BCUT2D eigenvalue weighted by atomic mass is 35.5. The molecule has 2 rings (SSSR count). The van der Waals surface area contributed by atoms with Crippen molar-refractivity contribution in [2.24, 2.45) is 11.8 Å². The summed E-state index contributed by atoms with van der Waals surface area (Å²) in [5.74, 6) is 1.82. The second-order valence-electron chi connectivity index (χ2n) is 6.65. The van der Waals surface area contributed by atoms with E-state index in [2.05, 4.69) is 37.5 Å². The molecule has 1 aliphatic rings. The van der Waals surface area contributed by atoms with Gasteiger partial charge in [-0.05, 0) is 55.8 Å². The fourth-order valence-electron chi connectivity index (χ4n) is 3.79. The third kappa shape index (κ3) is 5.30. The highest BCUT2D eigenvalue weighted by Crippen LogP contribution is 2.34. The van der Waals surface area contributed by atoms with Crippen molar-refractivity contribution >= 4 is 11.6 Å². The van der Waals surface area contributed by atoms with E-state index in [9.17, 15) is 0 Å². The van der Waals surface area contributed by atoms with Crippen molar-refractivity contribution in [2.45, 2.75) is 64.3 Å². The van der Waals surface area contributed by atoms with Crippen LogP contribution in [0.4, 0.5) is 0 Å². The highest BCUT2D eigenvalue weighted by Gasteiger charge is 2.26. The lowest BCUT2D eigenvalue weighted by atomic mass is 9.75. The Morgan fingerprint density at radius 2 is 2.00 bits per heavy atom. The van der Waals surface area contributed by atoms with Crippen LogP contribution in [0.1, 0.15) is 57.4 Å². The number of hydrogen-bond acceptors (Lipinski definition) is 1. The predicted molar refractivity (Wildman–Crippen MR) is 93.0 cm³/mol. The third-order valence-electron chi connectivity index (χ3n) is 5.14. The van der Waals surface area contributed by atoms with Crippen LogP contribution in [0.15, 0.2) is 24.3 Å². The molecule has 0 amide bonds. The summed E-state index contributed by atoms with van der Waals surface area (Å²) >= 11 is 6.10. The first-order chi connectivity index (χ1) is 10.2. The summed E-state index contributed by atoms with van der Waals surface area (Å²) in [6.45, 7) is 2.30. The Hall–Kier alpha value is -0.530. The molecule has 1 N–H and O–H groups in total. The second kappa shape index (κ2) is 8.80. The van der Waals surface area contributed by atoms with E-state index in [1.807, 2.05) is 6.07 Å². The molecule has 118 valence electrons. The number of nitrogens with one attached hydrogen (secondary N) is 1. The average Bonchev–Trinajstić information content (AvgIpc) is 2.51. The minimum absolute atomic E-state index is 0.593. The van der Waals surface area contributed by atoms with E-state index in [4.69, 9.17) is 11.6 Å². The van der Waals surface area contributed by atoms with Gasteiger partial charge in [0, 0.05) is 11.1 Å². The summed E-state index contributed by atoms with van der Waals surface area (Å²) in [6.07, 6.45) is 10.9. The topological polar surface area (TPSA) is 12.0 Å². The van der Waals surface area contributed by atoms with E-state index in [1.165, 1.54) is 50.5 Å². The van der Waals surface area contributed by atoms with Gasteiger partial charge in [-0.3, -0.25) is 0 Å². The smallest absolute Gasteiger partial charge is 0.0408 e. The minimum atomic E-state index is 0.593. The molecular weight excluding hydrogens is 278 g/mol. The molecule has 0 radical (unpaired) electrons. The molecule has 1 unspecified atom stereocenters. The van der Waals surface area contributed by atoms with Gasteiger partial charge in [0.15, 0.2) is 0 Å². The molecule has 0 spiro atoms. The maximum absolute atomic E-state index is 6.10. The molecule has 2 heteroatoms. The molecular formula is C19H30ClN. The van der Waals surface area contributed by atoms with Crippen LogP contribution < -0.4 is 5.32 Å². The molecule has 0 heterocycles. The van der Waals surface area contributed by atoms with Crippen LogP contribution in [0.2, 0.25) is 5.02 Å². The lowest BCUT2D eigenvalue weighted by Gasteiger charge is -2.34. The van der Waals surface area contributed by atoms with Crippen molar-refractivity contribution in [3.63, 3.8) is 0 Å². The maximum Gasteiger partial charge on any atom is 0.0408 e. The summed E-state index contributed by atoms with van der Waals surface area (Å²) < 4.78 is 0. The van der Waals surface area contributed by atoms with Gasteiger partial charge in [0.2, 0.25) is 0 Å². The number of halogens is 1. The Labute approximate surface area is 135 Å². The van der Waals surface area contributed by atoms with Gasteiger partial charge in [-0.15, -0.1) is 0 Å². The van der Waals surface area contributed by atoms with E-state index in [1.54, 1.807) is 0 Å². The molecule has 1 atom stereocenters. The van der Waals surface area contributed by atoms with E-state index in [0.29, 0.717) is 6.04 Å². The van der Waals surface area contributed by atoms with Gasteiger partial charge in [-0.1, -0.05) is 62.8 Å². The molecule has 1 fully saturated rings. The normalized spacial score (nSPS) is 24.0. The van der Waals surface area contributed by atoms with E-state index < -0.39 is 0 Å². The summed E-state index contributed by atoms with van der Waals surface area (Å²) in [5, 5.41) is 4.41. The van der Waals surface area contributed by atoms with Crippen LogP contribution in [0.3, 0.4) is 0 Å². The fourth-order valence-corrected chi connectivity index (χ4v) is 4.01. The van der Waals surface area contributed by atoms with Crippen LogP contribution in [-0.2, 0) is 6.42 Å². The monoisotopic (exact) mass is 307 g/mol. The maximum atomic E-state index is 6.10. The van der Waals surface area contributed by atoms with Gasteiger partial charge in [-0.2, -0.15) is 0 Å². The summed E-state index contributed by atoms with van der Waals surface area (Å²) in [7, 11) is 2.11. The van der Waals surface area contributed by atoms with E-state index >= 15 is 0 Å². The predicted octanol–water partition coefficient (Wildman–Crippen LogP) is 5.47. The van der Waals surface area contributed by atoms with Gasteiger partial charge < -0.3 is 5.32 Å². The first-order valence-electron chi connectivity index (χ1n) is 8.64. The van der Waals surface area contributed by atoms with Crippen LogP contribution in [-0.4, -0.2) is 13.1 Å². The number of benzene rings is 1. The number of hydrogen-bond donors (Lipinski definition) is 1. The fraction of sp³-hybridized carbons (Fsp3) is 0.684. The zero-order valence-corrected chi connectivity index (χ0v) is 14.3. The Kier molecular flexibility index (Phi) is 7.06. The van der Waals surface area contributed by atoms with Gasteiger partial charge in [0.25, 0.3) is 0 Å². The lowest BCUT2D eigenvalue weighted by molar-refractivity contribution is 0.216. The van der Waals surface area contributed by atoms with Crippen LogP contribution in [0.25, 0.3) is 0 Å². The van der Waals surface area contributed by atoms with Crippen molar-refractivity contribution in [3.8, 4) is 0 Å². The van der Waals surface area contributed by atoms with Gasteiger partial charge in [-0.25, -0.2) is 0 Å². The van der Waals surface area contributed by atoms with Crippen molar-refractivity contribution in [1.82, 2.24) is 5.32 Å². The Morgan fingerprint density at radius 1 is 1.24 bits per heavy atom. The van der Waals surface area contributed by atoms with Crippen LogP contribution in [0, 0.1) is 11.8 Å². The molecule has 0 saturated heterocycles. The number of likely N-dealkylation sites (N-methyl/N-ethyl adjacent to an activating group) is 1. The van der Waals surface area contributed by atoms with Gasteiger partial charge in [0.05, 0.1) is 0 Å². The van der Waals surface area contributed by atoms with Crippen molar-refractivity contribution in [2.75, 3.05) is 7.05 Å². The largest absolute Gasteiger partial charge is 0.316 e. The molecule has 1 saturated carbocycles. The number of unbranched alkanes of at least 4 members (excludes halogenated alkanes) is 1. The minimum Gasteiger partial charge on any atom is -0.316 e. The lowest BCUT2D eigenvalue weighted by Crippen LogP contribution is -2.37. The van der Waals surface area contributed by atoms with Crippen LogP contribution in [0.5, 0.6) is 0 Å². The second-order valence-corrected chi connectivity index (χ2v) is 7.09. The van der Waals surface area contributed by atoms with E-state index in [0.717, 1.165) is 23.3 Å². The van der Waals surface area contributed by atoms with Gasteiger partial charge >= 0.3 is 0 Å². The molecule has 1 aromatic carbocycles. The molecule has 0 bridgehead atoms. The van der Waals surface area contributed by atoms with Crippen molar-refractivity contribution in [1.29, 1.82) is 0 Å². The first kappa shape index (κ1) is 16.8. The molecule has 1 aromatic rings. The quantitative estimate of drug-likeness (QED) is 0.704. The summed E-state index contributed by atoms with van der Waals surface area (Å²) in [4.78, 5) is 0. The molecule has 0 aromatic heterocycles. The first-order valence-corrected chi connectivity index (χ1v) is 9.02. The molecule has 1 nitrogen and oxygen atoms in total. The van der Waals surface area contributed by atoms with Crippen molar-refractivity contribution < 1.29 is 0 Å². The average molecular weight is 308 g/mol. The molecule has 0 aliphatic heterocycles. The standard InChI is InChI=1S/C19H30ClN/c1-3-4-6-15-9-11-17(12-10-15)19(21-2)14-16-7-5-8-18(20)13-16/h5,7-8,13,15,17,19,21H,3-4,6,9-12,14H2,1-2H3. The third-order valence-corrected chi connectivity index (χ3v) is 5.38. The zero-order chi connectivity index (χ0) is 15.1. The Balaban J connectivity index is 1.85. The van der Waals surface area contributed by atoms with Crippen molar-refractivity contribution in [3.05, 3.63) is 34.9 Å². The summed E-state index contributed by atoms with van der Waals surface area (Å²) in [6, 6.07) is 8.92. The van der Waals surface area contributed by atoms with Crippen LogP contribution >= 0.6 is 11.6 Å². The highest BCUT2D eigenvalue weighted by molar-refractivity contribution is 6.30. The number of rotatable bonds is 7.